The highest BCUT2D eigenvalue weighted by Gasteiger charge is 2.65. The number of halogens is 5. The summed E-state index contributed by atoms with van der Waals surface area (Å²) in [7, 11) is -9.55. The van der Waals surface area contributed by atoms with Gasteiger partial charge in [0.25, 0.3) is 0 Å². The topological polar surface area (TPSA) is 9.23 Å². The Labute approximate surface area is 89.9 Å². The molecule has 1 aromatic carbocycles. The van der Waals surface area contributed by atoms with E-state index in [1.54, 1.807) is 13.8 Å². The van der Waals surface area contributed by atoms with Gasteiger partial charge in [0.2, 0.25) is 0 Å². The van der Waals surface area contributed by atoms with Gasteiger partial charge in [-0.05, 0) is 38.1 Å². The summed E-state index contributed by atoms with van der Waals surface area (Å²) in [4.78, 5) is -1.91. The summed E-state index contributed by atoms with van der Waals surface area (Å²) in [6, 6.07) is 2.43. The van der Waals surface area contributed by atoms with Crippen LogP contribution in [-0.4, -0.2) is 6.10 Å². The van der Waals surface area contributed by atoms with Crippen molar-refractivity contribution < 1.29 is 24.2 Å². The Kier molecular flexibility index (Phi) is 2.48. The first-order chi connectivity index (χ1) is 6.88. The molecule has 0 aliphatic rings. The van der Waals surface area contributed by atoms with Gasteiger partial charge in [-0.3, -0.25) is 0 Å². The molecule has 0 spiro atoms. The summed E-state index contributed by atoms with van der Waals surface area (Å²) in [6.07, 6.45) is -0.231. The van der Waals surface area contributed by atoms with Crippen LogP contribution < -0.4 is 4.74 Å². The van der Waals surface area contributed by atoms with Gasteiger partial charge in [0.15, 0.2) is 0 Å². The second-order valence-corrected chi connectivity index (χ2v) is 6.02. The van der Waals surface area contributed by atoms with E-state index >= 15 is 0 Å². The summed E-state index contributed by atoms with van der Waals surface area (Å²) in [5, 5.41) is 0. The molecule has 1 nitrogen and oxygen atoms in total. The first-order valence-corrected chi connectivity index (χ1v) is 6.34. The number of hydrogen-bond donors (Lipinski definition) is 0. The molecule has 0 saturated heterocycles. The van der Waals surface area contributed by atoms with Gasteiger partial charge in [-0.15, -0.1) is 0 Å². The van der Waals surface area contributed by atoms with E-state index in [2.05, 4.69) is 0 Å². The van der Waals surface area contributed by atoms with Crippen molar-refractivity contribution >= 4 is 10.2 Å². The molecule has 0 amide bonds. The Morgan fingerprint density at radius 1 is 0.938 bits per heavy atom. The molecule has 7 heteroatoms. The highest BCUT2D eigenvalue weighted by atomic mass is 32.5. The standard InChI is InChI=1S/C9H11F5OS/c1-7(2)15-8-3-5-9(6-4-8)16(10,11,12,13)14/h3-7H,1-2H3. The Balaban J connectivity index is 3.06. The fraction of sp³-hybridized carbons (Fsp3) is 0.333. The van der Waals surface area contributed by atoms with Crippen molar-refractivity contribution in [1.82, 2.24) is 0 Å². The SMILES string of the molecule is CC(C)Oc1ccc(S(F)(F)(F)(F)F)cc1. The summed E-state index contributed by atoms with van der Waals surface area (Å²) < 4.78 is 66.6. The molecule has 0 saturated carbocycles. The van der Waals surface area contributed by atoms with Crippen molar-refractivity contribution in [2.75, 3.05) is 0 Å². The van der Waals surface area contributed by atoms with Crippen LogP contribution in [-0.2, 0) is 0 Å². The largest absolute Gasteiger partial charge is 0.491 e. The minimum absolute atomic E-state index is 0.126. The second-order valence-electron chi connectivity index (χ2n) is 3.61. The molecule has 0 fully saturated rings. The van der Waals surface area contributed by atoms with Crippen LogP contribution in [0.5, 0.6) is 5.75 Å². The smallest absolute Gasteiger partial charge is 0.310 e. The molecule has 1 rings (SSSR count). The molecule has 0 heterocycles. The number of ether oxygens (including phenoxy) is 1. The third-order valence-electron chi connectivity index (χ3n) is 1.64. The Morgan fingerprint density at radius 3 is 1.69 bits per heavy atom. The van der Waals surface area contributed by atoms with Gasteiger partial charge in [0.1, 0.15) is 10.6 Å². The van der Waals surface area contributed by atoms with E-state index in [1.165, 1.54) is 0 Å². The van der Waals surface area contributed by atoms with E-state index in [4.69, 9.17) is 4.74 Å². The van der Waals surface area contributed by atoms with Crippen molar-refractivity contribution in [3.8, 4) is 5.75 Å². The van der Waals surface area contributed by atoms with Crippen molar-refractivity contribution in [2.24, 2.45) is 0 Å². The molecule has 0 N–H and O–H groups in total. The van der Waals surface area contributed by atoms with Gasteiger partial charge in [-0.25, -0.2) is 0 Å². The maximum atomic E-state index is 12.3. The zero-order valence-corrected chi connectivity index (χ0v) is 9.41. The molecule has 0 radical (unpaired) electrons. The van der Waals surface area contributed by atoms with E-state index < -0.39 is 15.1 Å². The fourth-order valence-electron chi connectivity index (χ4n) is 1.05. The monoisotopic (exact) mass is 262 g/mol. The summed E-state index contributed by atoms with van der Waals surface area (Å²) in [6.45, 7) is 3.36. The predicted octanol–water partition coefficient (Wildman–Crippen LogP) is 5.13. The molecule has 0 atom stereocenters. The Hall–Kier alpha value is -0.980. The average molecular weight is 262 g/mol. The highest BCUT2D eigenvalue weighted by Crippen LogP contribution is 3.02. The molecule has 94 valence electrons. The first-order valence-electron chi connectivity index (χ1n) is 4.39. The van der Waals surface area contributed by atoms with Gasteiger partial charge in [0, 0.05) is 0 Å². The third kappa shape index (κ3) is 3.55. The van der Waals surface area contributed by atoms with Gasteiger partial charge >= 0.3 is 10.2 Å². The van der Waals surface area contributed by atoms with E-state index in [-0.39, 0.29) is 11.9 Å². The summed E-state index contributed by atoms with van der Waals surface area (Å²) >= 11 is 0. The normalized spacial score (nSPS) is 16.8. The zero-order valence-electron chi connectivity index (χ0n) is 8.59. The molecule has 0 unspecified atom stereocenters. The molecular formula is C9H11F5OS. The van der Waals surface area contributed by atoms with E-state index in [9.17, 15) is 19.4 Å². The lowest BCUT2D eigenvalue weighted by molar-refractivity contribution is 0.242. The second kappa shape index (κ2) is 3.03. The molecule has 0 bridgehead atoms. The van der Waals surface area contributed by atoms with Crippen LogP contribution in [0.15, 0.2) is 29.2 Å². The fourth-order valence-corrected chi connectivity index (χ4v) is 1.70. The lowest BCUT2D eigenvalue weighted by atomic mass is 10.3. The van der Waals surface area contributed by atoms with Crippen molar-refractivity contribution in [1.29, 1.82) is 0 Å². The number of hydrogen-bond acceptors (Lipinski definition) is 1. The molecular weight excluding hydrogens is 251 g/mol. The molecule has 16 heavy (non-hydrogen) atoms. The van der Waals surface area contributed by atoms with Crippen LogP contribution in [0.25, 0.3) is 0 Å². The van der Waals surface area contributed by atoms with Gasteiger partial charge < -0.3 is 4.74 Å². The number of benzene rings is 1. The molecule has 0 aliphatic heterocycles. The van der Waals surface area contributed by atoms with E-state index in [1.807, 2.05) is 0 Å². The summed E-state index contributed by atoms with van der Waals surface area (Å²) in [5.74, 6) is 0.126. The van der Waals surface area contributed by atoms with Crippen LogP contribution in [0.2, 0.25) is 0 Å². The molecule has 0 aromatic heterocycles. The number of rotatable bonds is 3. The van der Waals surface area contributed by atoms with Gasteiger partial charge in [-0.2, -0.15) is 0 Å². The van der Waals surface area contributed by atoms with Crippen molar-refractivity contribution in [3.05, 3.63) is 24.3 Å². The van der Waals surface area contributed by atoms with Crippen molar-refractivity contribution in [3.63, 3.8) is 0 Å². The predicted molar refractivity (Wildman–Crippen MR) is 53.6 cm³/mol. The molecule has 1 aromatic rings. The van der Waals surface area contributed by atoms with Crippen molar-refractivity contribution in [2.45, 2.75) is 24.8 Å². The third-order valence-corrected chi connectivity index (χ3v) is 2.80. The summed E-state index contributed by atoms with van der Waals surface area (Å²) in [5.41, 5.74) is 0. The van der Waals surface area contributed by atoms with Crippen LogP contribution in [0.3, 0.4) is 0 Å². The zero-order chi connectivity index (χ0) is 12.7. The molecule has 0 aliphatic carbocycles. The van der Waals surface area contributed by atoms with E-state index in [0.717, 1.165) is 12.1 Å². The maximum Gasteiger partial charge on any atom is 0.310 e. The maximum absolute atomic E-state index is 12.3. The van der Waals surface area contributed by atoms with Crippen LogP contribution in [0, 0.1) is 0 Å². The first kappa shape index (κ1) is 13.1. The van der Waals surface area contributed by atoms with E-state index in [0.29, 0.717) is 12.1 Å². The lowest BCUT2D eigenvalue weighted by Crippen LogP contribution is -2.07. The highest BCUT2D eigenvalue weighted by molar-refractivity contribution is 8.45. The van der Waals surface area contributed by atoms with Gasteiger partial charge in [0.05, 0.1) is 6.10 Å². The minimum Gasteiger partial charge on any atom is -0.491 e. The van der Waals surface area contributed by atoms with Crippen LogP contribution in [0.1, 0.15) is 13.8 Å². The van der Waals surface area contributed by atoms with Crippen LogP contribution >= 0.6 is 10.2 Å². The quantitative estimate of drug-likeness (QED) is 0.686. The Bertz CT molecular complexity index is 380. The lowest BCUT2D eigenvalue weighted by Gasteiger charge is -2.40. The Morgan fingerprint density at radius 2 is 1.38 bits per heavy atom. The van der Waals surface area contributed by atoms with Crippen LogP contribution in [0.4, 0.5) is 19.4 Å². The average Bonchev–Trinajstić information content (AvgIpc) is 1.99. The van der Waals surface area contributed by atoms with Gasteiger partial charge in [-0.1, -0.05) is 19.4 Å². The minimum atomic E-state index is -9.55.